The van der Waals surface area contributed by atoms with Crippen molar-refractivity contribution >= 4 is 17.4 Å². The minimum absolute atomic E-state index is 0.168. The van der Waals surface area contributed by atoms with E-state index in [4.69, 9.17) is 15.1 Å². The van der Waals surface area contributed by atoms with Crippen LogP contribution in [-0.2, 0) is 0 Å². The molecule has 0 spiro atoms. The van der Waals surface area contributed by atoms with Crippen LogP contribution in [-0.4, -0.2) is 35.0 Å². The molecule has 31 heavy (non-hydrogen) atoms. The van der Waals surface area contributed by atoms with Gasteiger partial charge in [0.1, 0.15) is 11.7 Å². The van der Waals surface area contributed by atoms with Crippen LogP contribution in [0.15, 0.2) is 39.7 Å². The zero-order valence-corrected chi connectivity index (χ0v) is 18.0. The van der Waals surface area contributed by atoms with Crippen molar-refractivity contribution in [3.8, 4) is 6.07 Å². The van der Waals surface area contributed by atoms with Gasteiger partial charge in [-0.2, -0.15) is 10.4 Å². The number of hydrogen-bond acceptors (Lipinski definition) is 6. The third kappa shape index (κ3) is 3.24. The van der Waals surface area contributed by atoms with Crippen LogP contribution in [0.2, 0.25) is 0 Å². The fourth-order valence-corrected chi connectivity index (χ4v) is 4.83. The molecule has 3 unspecified atom stereocenters. The van der Waals surface area contributed by atoms with Gasteiger partial charge in [0.05, 0.1) is 17.7 Å². The number of furan rings is 1. The molecule has 3 aromatic rings. The summed E-state index contributed by atoms with van der Waals surface area (Å²) in [5.41, 5.74) is 11.9. The first-order valence-electron chi connectivity index (χ1n) is 10.7. The first-order chi connectivity index (χ1) is 15.0. The van der Waals surface area contributed by atoms with Crippen molar-refractivity contribution in [2.75, 3.05) is 18.0 Å². The van der Waals surface area contributed by atoms with Gasteiger partial charge in [-0.3, -0.25) is 5.10 Å². The molecule has 2 aliphatic rings. The lowest BCUT2D eigenvalue weighted by Crippen LogP contribution is -2.27. The second-order valence-corrected chi connectivity index (χ2v) is 8.66. The predicted octanol–water partition coefficient (Wildman–Crippen LogP) is 3.87. The highest BCUT2D eigenvalue weighted by Gasteiger charge is 2.40. The Kier molecular flexibility index (Phi) is 4.67. The number of aliphatic imine (C=N–C) groups is 1. The summed E-state index contributed by atoms with van der Waals surface area (Å²) in [4.78, 5) is 7.00. The van der Waals surface area contributed by atoms with Crippen molar-refractivity contribution in [2.24, 2.45) is 16.6 Å². The van der Waals surface area contributed by atoms with Crippen molar-refractivity contribution < 1.29 is 4.42 Å². The van der Waals surface area contributed by atoms with Gasteiger partial charge in [-0.25, -0.2) is 4.99 Å². The third-order valence-corrected chi connectivity index (χ3v) is 6.39. The highest BCUT2D eigenvalue weighted by atomic mass is 16.4. The van der Waals surface area contributed by atoms with E-state index < -0.39 is 5.92 Å². The molecule has 7 heteroatoms. The van der Waals surface area contributed by atoms with E-state index in [-0.39, 0.29) is 12.0 Å². The molecule has 158 valence electrons. The maximum absolute atomic E-state index is 10.3. The Bertz CT molecular complexity index is 1210. The van der Waals surface area contributed by atoms with E-state index in [2.05, 4.69) is 53.2 Å². The van der Waals surface area contributed by atoms with E-state index in [1.807, 2.05) is 19.1 Å². The molecule has 2 aromatic heterocycles. The van der Waals surface area contributed by atoms with Crippen molar-refractivity contribution in [1.82, 2.24) is 10.2 Å². The maximum atomic E-state index is 10.3. The Hall–Kier alpha value is -3.37. The third-order valence-electron chi connectivity index (χ3n) is 6.39. The number of hydrogen-bond donors (Lipinski definition) is 2. The van der Waals surface area contributed by atoms with Crippen molar-refractivity contribution in [1.29, 1.82) is 5.26 Å². The lowest BCUT2D eigenvalue weighted by atomic mass is 9.77. The molecule has 1 saturated heterocycles. The first-order valence-corrected chi connectivity index (χ1v) is 10.7. The van der Waals surface area contributed by atoms with E-state index in [0.29, 0.717) is 5.82 Å². The van der Waals surface area contributed by atoms with Crippen LogP contribution in [0.4, 0.5) is 11.7 Å². The molecule has 0 amide bonds. The van der Waals surface area contributed by atoms with E-state index in [0.717, 1.165) is 59.3 Å². The topological polar surface area (TPSA) is 107 Å². The predicted molar refractivity (Wildman–Crippen MR) is 120 cm³/mol. The molecule has 1 aromatic carbocycles. The van der Waals surface area contributed by atoms with Gasteiger partial charge in [0, 0.05) is 42.0 Å². The van der Waals surface area contributed by atoms with Gasteiger partial charge in [-0.05, 0) is 38.8 Å². The summed E-state index contributed by atoms with van der Waals surface area (Å²) in [5, 5.41) is 17.8. The number of nitrogens with two attached hydrogens (primary N) is 1. The number of H-pyrrole nitrogens is 1. The minimum atomic E-state index is -0.481. The van der Waals surface area contributed by atoms with Crippen LogP contribution in [0.1, 0.15) is 46.0 Å². The summed E-state index contributed by atoms with van der Waals surface area (Å²) in [6.07, 6.45) is 0.953. The fraction of sp³-hybridized carbons (Fsp3) is 0.375. The van der Waals surface area contributed by atoms with Crippen LogP contribution in [0.3, 0.4) is 0 Å². The molecule has 7 nitrogen and oxygen atoms in total. The Morgan fingerprint density at radius 3 is 2.77 bits per heavy atom. The second-order valence-electron chi connectivity index (χ2n) is 8.66. The lowest BCUT2D eigenvalue weighted by molar-refractivity contribution is 0.467. The molecule has 0 radical (unpaired) electrons. The number of fused-ring (bicyclic) bond motifs is 1. The standard InChI is InChI=1S/C24H26N6O/c1-13-4-5-17(14(2)10-13)23-18(11-25)22(21-15(3)28-29-24(21)27-23)19-6-7-20(31-19)30-9-8-16(26)12-30/h4-7,10,16,18,22H,8-9,12,26H2,1-3H3,(H,28,29). The summed E-state index contributed by atoms with van der Waals surface area (Å²) in [5.74, 6) is 1.43. The molecular weight excluding hydrogens is 388 g/mol. The number of aromatic amines is 1. The molecule has 0 saturated carbocycles. The van der Waals surface area contributed by atoms with Crippen molar-refractivity contribution in [3.05, 3.63) is 64.0 Å². The molecule has 1 fully saturated rings. The molecule has 0 bridgehead atoms. The number of benzene rings is 1. The van der Waals surface area contributed by atoms with Gasteiger partial charge in [-0.1, -0.05) is 23.8 Å². The molecule has 5 rings (SSSR count). The number of aryl methyl sites for hydroxylation is 3. The number of nitrogens with one attached hydrogen (secondary N) is 1. The van der Waals surface area contributed by atoms with Crippen LogP contribution in [0.25, 0.3) is 0 Å². The smallest absolute Gasteiger partial charge is 0.195 e. The van der Waals surface area contributed by atoms with E-state index in [1.165, 1.54) is 5.56 Å². The number of nitrogens with zero attached hydrogens (tertiary/aromatic N) is 4. The van der Waals surface area contributed by atoms with Gasteiger partial charge >= 0.3 is 0 Å². The van der Waals surface area contributed by atoms with Crippen molar-refractivity contribution in [3.63, 3.8) is 0 Å². The summed E-state index contributed by atoms with van der Waals surface area (Å²) in [7, 11) is 0. The second kappa shape index (κ2) is 7.40. The number of nitriles is 1. The molecule has 2 aliphatic heterocycles. The van der Waals surface area contributed by atoms with Crippen LogP contribution in [0.5, 0.6) is 0 Å². The van der Waals surface area contributed by atoms with Gasteiger partial charge in [0.25, 0.3) is 0 Å². The molecule has 4 heterocycles. The molecular formula is C24H26N6O. The van der Waals surface area contributed by atoms with Gasteiger partial charge in [0.2, 0.25) is 0 Å². The van der Waals surface area contributed by atoms with Crippen LogP contribution < -0.4 is 10.6 Å². The summed E-state index contributed by atoms with van der Waals surface area (Å²) in [6, 6.07) is 12.9. The largest absolute Gasteiger partial charge is 0.445 e. The molecule has 3 N–H and O–H groups in total. The van der Waals surface area contributed by atoms with Gasteiger partial charge < -0.3 is 15.1 Å². The van der Waals surface area contributed by atoms with Gasteiger partial charge in [0.15, 0.2) is 11.7 Å². The normalized spacial score (nSPS) is 22.9. The summed E-state index contributed by atoms with van der Waals surface area (Å²) >= 11 is 0. The first kappa shape index (κ1) is 19.6. The van der Waals surface area contributed by atoms with E-state index >= 15 is 0 Å². The SMILES string of the molecule is Cc1ccc(C2=Nc3n[nH]c(C)c3C(c3ccc(N4CCC(N)C4)o3)C2C#N)c(C)c1. The minimum Gasteiger partial charge on any atom is -0.445 e. The maximum Gasteiger partial charge on any atom is 0.195 e. The number of anilines is 1. The average molecular weight is 415 g/mol. The summed E-state index contributed by atoms with van der Waals surface area (Å²) < 4.78 is 6.32. The fourth-order valence-electron chi connectivity index (χ4n) is 4.83. The Labute approximate surface area is 181 Å². The van der Waals surface area contributed by atoms with E-state index in [9.17, 15) is 5.26 Å². The number of rotatable bonds is 3. The average Bonchev–Trinajstić information content (AvgIpc) is 3.47. The summed E-state index contributed by atoms with van der Waals surface area (Å²) in [6.45, 7) is 7.75. The Morgan fingerprint density at radius 1 is 1.23 bits per heavy atom. The monoisotopic (exact) mass is 414 g/mol. The zero-order chi connectivity index (χ0) is 21.7. The van der Waals surface area contributed by atoms with E-state index in [1.54, 1.807) is 0 Å². The highest BCUT2D eigenvalue weighted by molar-refractivity contribution is 6.08. The van der Waals surface area contributed by atoms with Gasteiger partial charge in [-0.15, -0.1) is 0 Å². The van der Waals surface area contributed by atoms with Crippen LogP contribution >= 0.6 is 0 Å². The quantitative estimate of drug-likeness (QED) is 0.676. The zero-order valence-electron chi connectivity index (χ0n) is 18.0. The Balaban J connectivity index is 1.62. The molecule has 0 aliphatic carbocycles. The number of aromatic nitrogens is 2. The lowest BCUT2D eigenvalue weighted by Gasteiger charge is -2.27. The van der Waals surface area contributed by atoms with Crippen molar-refractivity contribution in [2.45, 2.75) is 39.2 Å². The highest BCUT2D eigenvalue weighted by Crippen LogP contribution is 2.45. The molecule has 3 atom stereocenters. The van der Waals surface area contributed by atoms with Crippen LogP contribution in [0, 0.1) is 38.0 Å². The Morgan fingerprint density at radius 2 is 2.06 bits per heavy atom.